The van der Waals surface area contributed by atoms with E-state index < -0.39 is 0 Å². The summed E-state index contributed by atoms with van der Waals surface area (Å²) in [6.45, 7) is 3.79. The fraction of sp³-hybridized carbons (Fsp3) is 0.353. The normalized spacial score (nSPS) is 17.3. The maximum absolute atomic E-state index is 12.2. The van der Waals surface area contributed by atoms with E-state index >= 15 is 0 Å². The summed E-state index contributed by atoms with van der Waals surface area (Å²) in [4.78, 5) is 22.3. The van der Waals surface area contributed by atoms with Crippen LogP contribution in [-0.4, -0.2) is 33.9 Å². The fourth-order valence-corrected chi connectivity index (χ4v) is 3.10. The largest absolute Gasteiger partial charge is 0.370 e. The highest BCUT2D eigenvalue weighted by atomic mass is 35.5. The van der Waals surface area contributed by atoms with Gasteiger partial charge in [-0.1, -0.05) is 29.8 Å². The first kappa shape index (κ1) is 16.5. The summed E-state index contributed by atoms with van der Waals surface area (Å²) in [5.41, 5.74) is 7.44. The SMILES string of the molecule is Cc1cc(NC[C@@H]2CC(=O)N(Cc3ccccc3Cl)C2)nc(N)n1. The predicted molar refractivity (Wildman–Crippen MR) is 94.6 cm³/mol. The van der Waals surface area contributed by atoms with E-state index in [9.17, 15) is 4.79 Å². The fourth-order valence-electron chi connectivity index (χ4n) is 2.91. The van der Waals surface area contributed by atoms with Crippen molar-refractivity contribution in [3.05, 3.63) is 46.6 Å². The first-order chi connectivity index (χ1) is 11.5. The molecule has 1 aliphatic rings. The molecule has 3 N–H and O–H groups in total. The number of benzene rings is 1. The molecule has 1 aromatic heterocycles. The van der Waals surface area contributed by atoms with E-state index in [2.05, 4.69) is 15.3 Å². The number of anilines is 2. The van der Waals surface area contributed by atoms with Gasteiger partial charge in [0.2, 0.25) is 11.9 Å². The lowest BCUT2D eigenvalue weighted by molar-refractivity contribution is -0.128. The molecule has 1 aliphatic heterocycles. The van der Waals surface area contributed by atoms with Gasteiger partial charge in [0.05, 0.1) is 0 Å². The third-order valence-corrected chi connectivity index (χ3v) is 4.43. The van der Waals surface area contributed by atoms with Crippen molar-refractivity contribution in [3.63, 3.8) is 0 Å². The molecule has 1 amide bonds. The van der Waals surface area contributed by atoms with Crippen LogP contribution in [0.3, 0.4) is 0 Å². The van der Waals surface area contributed by atoms with Crippen LogP contribution in [0, 0.1) is 12.8 Å². The number of nitrogens with two attached hydrogens (primary N) is 1. The summed E-state index contributed by atoms with van der Waals surface area (Å²) in [5.74, 6) is 1.33. The molecule has 1 atom stereocenters. The Bertz CT molecular complexity index is 731. The lowest BCUT2D eigenvalue weighted by Gasteiger charge is -2.18. The Morgan fingerprint density at radius 3 is 2.92 bits per heavy atom. The van der Waals surface area contributed by atoms with Crippen LogP contribution in [0.25, 0.3) is 0 Å². The second-order valence-electron chi connectivity index (χ2n) is 6.07. The highest BCUT2D eigenvalue weighted by Gasteiger charge is 2.29. The molecule has 1 fully saturated rings. The molecule has 126 valence electrons. The first-order valence-corrected chi connectivity index (χ1v) is 8.25. The second-order valence-corrected chi connectivity index (χ2v) is 6.48. The highest BCUT2D eigenvalue weighted by molar-refractivity contribution is 6.31. The second kappa shape index (κ2) is 7.05. The summed E-state index contributed by atoms with van der Waals surface area (Å²) in [5, 5.41) is 3.94. The lowest BCUT2D eigenvalue weighted by Crippen LogP contribution is -2.25. The molecule has 24 heavy (non-hydrogen) atoms. The van der Waals surface area contributed by atoms with Crippen molar-refractivity contribution in [1.82, 2.24) is 14.9 Å². The zero-order valence-electron chi connectivity index (χ0n) is 13.5. The van der Waals surface area contributed by atoms with E-state index in [1.165, 1.54) is 0 Å². The molecule has 2 heterocycles. The smallest absolute Gasteiger partial charge is 0.223 e. The zero-order valence-corrected chi connectivity index (χ0v) is 14.3. The van der Waals surface area contributed by atoms with Crippen LogP contribution in [0.15, 0.2) is 30.3 Å². The molecule has 0 unspecified atom stereocenters. The summed E-state index contributed by atoms with van der Waals surface area (Å²) < 4.78 is 0. The summed E-state index contributed by atoms with van der Waals surface area (Å²) in [7, 11) is 0. The average molecular weight is 346 g/mol. The van der Waals surface area contributed by atoms with Gasteiger partial charge in [-0.15, -0.1) is 0 Å². The van der Waals surface area contributed by atoms with E-state index in [1.54, 1.807) is 0 Å². The molecule has 0 radical (unpaired) electrons. The maximum Gasteiger partial charge on any atom is 0.223 e. The monoisotopic (exact) mass is 345 g/mol. The van der Waals surface area contributed by atoms with Crippen molar-refractivity contribution < 1.29 is 4.79 Å². The van der Waals surface area contributed by atoms with Crippen molar-refractivity contribution in [2.75, 3.05) is 24.1 Å². The zero-order chi connectivity index (χ0) is 17.1. The minimum atomic E-state index is 0.153. The van der Waals surface area contributed by atoms with Crippen LogP contribution in [-0.2, 0) is 11.3 Å². The van der Waals surface area contributed by atoms with Gasteiger partial charge in [0, 0.05) is 48.8 Å². The van der Waals surface area contributed by atoms with E-state index in [-0.39, 0.29) is 17.8 Å². The standard InChI is InChI=1S/C17H20ClN5O/c1-11-6-15(22-17(19)21-11)20-8-12-7-16(24)23(9-12)10-13-4-2-3-5-14(13)18/h2-6,12H,7-10H2,1H3,(H3,19,20,21,22)/t12-/m0/s1. The van der Waals surface area contributed by atoms with Gasteiger partial charge in [-0.05, 0) is 18.6 Å². The Morgan fingerprint density at radius 1 is 1.38 bits per heavy atom. The Hall–Kier alpha value is -2.34. The van der Waals surface area contributed by atoms with Crippen molar-refractivity contribution in [3.8, 4) is 0 Å². The molecule has 3 rings (SSSR count). The summed E-state index contributed by atoms with van der Waals surface area (Å²) >= 11 is 6.18. The number of carbonyl (C=O) groups excluding carboxylic acids is 1. The van der Waals surface area contributed by atoms with Gasteiger partial charge < -0.3 is 16.0 Å². The number of carbonyl (C=O) groups is 1. The molecule has 7 heteroatoms. The van der Waals surface area contributed by atoms with Gasteiger partial charge in [-0.2, -0.15) is 4.98 Å². The molecule has 1 saturated heterocycles. The number of nitrogen functional groups attached to an aromatic ring is 1. The van der Waals surface area contributed by atoms with Crippen LogP contribution in [0.1, 0.15) is 17.7 Å². The van der Waals surface area contributed by atoms with Gasteiger partial charge in [-0.25, -0.2) is 4.98 Å². The average Bonchev–Trinajstić information content (AvgIpc) is 2.87. The number of nitrogens with zero attached hydrogens (tertiary/aromatic N) is 3. The topological polar surface area (TPSA) is 84.1 Å². The van der Waals surface area contributed by atoms with Crippen molar-refractivity contribution in [1.29, 1.82) is 0 Å². The third-order valence-electron chi connectivity index (χ3n) is 4.06. The number of aromatic nitrogens is 2. The van der Waals surface area contributed by atoms with Gasteiger partial charge in [0.25, 0.3) is 0 Å². The summed E-state index contributed by atoms with van der Waals surface area (Å²) in [6, 6.07) is 9.46. The van der Waals surface area contributed by atoms with Gasteiger partial charge in [-0.3, -0.25) is 4.79 Å². The van der Waals surface area contributed by atoms with E-state index in [0.29, 0.717) is 36.9 Å². The Labute approximate surface area is 146 Å². The molecular weight excluding hydrogens is 326 g/mol. The molecule has 6 nitrogen and oxygen atoms in total. The van der Waals surface area contributed by atoms with Crippen LogP contribution >= 0.6 is 11.6 Å². The molecule has 0 saturated carbocycles. The minimum Gasteiger partial charge on any atom is -0.370 e. The number of hydrogen-bond donors (Lipinski definition) is 2. The quantitative estimate of drug-likeness (QED) is 0.869. The number of likely N-dealkylation sites (tertiary alicyclic amines) is 1. The number of rotatable bonds is 5. The van der Waals surface area contributed by atoms with Crippen molar-refractivity contribution >= 4 is 29.3 Å². The first-order valence-electron chi connectivity index (χ1n) is 7.87. The van der Waals surface area contributed by atoms with Gasteiger partial charge >= 0.3 is 0 Å². The van der Waals surface area contributed by atoms with Crippen LogP contribution in [0.4, 0.5) is 11.8 Å². The molecule has 2 aromatic rings. The number of nitrogens with one attached hydrogen (secondary N) is 1. The Kier molecular flexibility index (Phi) is 4.85. The van der Waals surface area contributed by atoms with E-state index in [4.69, 9.17) is 17.3 Å². The number of halogens is 1. The van der Waals surface area contributed by atoms with Crippen molar-refractivity contribution in [2.24, 2.45) is 5.92 Å². The summed E-state index contributed by atoms with van der Waals surface area (Å²) in [6.07, 6.45) is 0.525. The number of amides is 1. The van der Waals surface area contributed by atoms with Crippen LogP contribution in [0.5, 0.6) is 0 Å². The molecular formula is C17H20ClN5O. The Balaban J connectivity index is 1.57. The predicted octanol–water partition coefficient (Wildman–Crippen LogP) is 2.48. The van der Waals surface area contributed by atoms with E-state index in [1.807, 2.05) is 42.2 Å². The van der Waals surface area contributed by atoms with E-state index in [0.717, 1.165) is 11.3 Å². The maximum atomic E-state index is 12.2. The number of aryl methyl sites for hydroxylation is 1. The van der Waals surface area contributed by atoms with Crippen molar-refractivity contribution in [2.45, 2.75) is 19.9 Å². The van der Waals surface area contributed by atoms with Crippen LogP contribution in [0.2, 0.25) is 5.02 Å². The van der Waals surface area contributed by atoms with Gasteiger partial charge in [0.1, 0.15) is 5.82 Å². The molecule has 0 spiro atoms. The third kappa shape index (κ3) is 3.94. The molecule has 0 aliphatic carbocycles. The lowest BCUT2D eigenvalue weighted by atomic mass is 10.1. The highest BCUT2D eigenvalue weighted by Crippen LogP contribution is 2.23. The number of hydrogen-bond acceptors (Lipinski definition) is 5. The Morgan fingerprint density at radius 2 is 2.17 bits per heavy atom. The molecule has 1 aromatic carbocycles. The molecule has 0 bridgehead atoms. The minimum absolute atomic E-state index is 0.153. The van der Waals surface area contributed by atoms with Gasteiger partial charge in [0.15, 0.2) is 0 Å². The van der Waals surface area contributed by atoms with Crippen LogP contribution < -0.4 is 11.1 Å².